The van der Waals surface area contributed by atoms with Crippen molar-refractivity contribution in [2.75, 3.05) is 11.9 Å². The fraction of sp³-hybridized carbons (Fsp3) is 0.261. The van der Waals surface area contributed by atoms with Crippen molar-refractivity contribution in [3.05, 3.63) is 82.4 Å². The summed E-state index contributed by atoms with van der Waals surface area (Å²) < 4.78 is 15.7. The quantitative estimate of drug-likeness (QED) is 0.497. The number of nitrogens with one attached hydrogen (secondary N) is 2. The van der Waals surface area contributed by atoms with Gasteiger partial charge in [0.2, 0.25) is 5.96 Å². The fourth-order valence-corrected chi connectivity index (χ4v) is 3.14. The first-order valence-electron chi connectivity index (χ1n) is 9.78. The molecule has 1 heterocycles. The van der Waals surface area contributed by atoms with Gasteiger partial charge < -0.3 is 5.32 Å². The minimum absolute atomic E-state index is 0.236. The maximum absolute atomic E-state index is 13.9. The Bertz CT molecular complexity index is 1070. The summed E-state index contributed by atoms with van der Waals surface area (Å²) in [6.07, 6.45) is 0.695. The third-order valence-electron chi connectivity index (χ3n) is 4.99. The van der Waals surface area contributed by atoms with Crippen molar-refractivity contribution >= 4 is 17.6 Å². The van der Waals surface area contributed by atoms with Crippen molar-refractivity contribution in [2.24, 2.45) is 12.0 Å². The number of rotatable bonds is 5. The highest BCUT2D eigenvalue weighted by atomic mass is 19.1. The SMILES string of the molecule is Cc1ccc(C(=O)NC(=NCCc2c(C)nn(C)c2C)Nc2ccccc2)cc1F. The second kappa shape index (κ2) is 9.35. The minimum atomic E-state index is -0.426. The molecule has 3 aromatic rings. The Labute approximate surface area is 175 Å². The lowest BCUT2D eigenvalue weighted by Gasteiger charge is -2.12. The highest BCUT2D eigenvalue weighted by Gasteiger charge is 2.12. The Hall–Kier alpha value is -3.48. The maximum Gasteiger partial charge on any atom is 0.258 e. The molecule has 2 aromatic carbocycles. The van der Waals surface area contributed by atoms with Gasteiger partial charge in [0.1, 0.15) is 5.82 Å². The van der Waals surface area contributed by atoms with Crippen LogP contribution < -0.4 is 10.6 Å². The van der Waals surface area contributed by atoms with E-state index in [4.69, 9.17) is 0 Å². The molecule has 7 heteroatoms. The number of halogens is 1. The van der Waals surface area contributed by atoms with Crippen LogP contribution in [0.15, 0.2) is 53.5 Å². The predicted molar refractivity (Wildman–Crippen MR) is 117 cm³/mol. The van der Waals surface area contributed by atoms with E-state index in [-0.39, 0.29) is 5.56 Å². The number of carbonyl (C=O) groups excluding carboxylic acids is 1. The lowest BCUT2D eigenvalue weighted by Crippen LogP contribution is -2.36. The molecule has 0 atom stereocenters. The number of benzene rings is 2. The molecule has 0 aliphatic heterocycles. The van der Waals surface area contributed by atoms with Gasteiger partial charge in [-0.2, -0.15) is 5.10 Å². The van der Waals surface area contributed by atoms with Crippen molar-refractivity contribution in [1.29, 1.82) is 0 Å². The first kappa shape index (κ1) is 21.2. The van der Waals surface area contributed by atoms with E-state index in [1.807, 2.05) is 55.9 Å². The smallest absolute Gasteiger partial charge is 0.258 e. The zero-order valence-electron chi connectivity index (χ0n) is 17.7. The van der Waals surface area contributed by atoms with Gasteiger partial charge in [-0.05, 0) is 62.6 Å². The van der Waals surface area contributed by atoms with Crippen LogP contribution in [0.5, 0.6) is 0 Å². The largest absolute Gasteiger partial charge is 0.326 e. The van der Waals surface area contributed by atoms with Crippen LogP contribution in [0.25, 0.3) is 0 Å². The summed E-state index contributed by atoms with van der Waals surface area (Å²) in [5, 5.41) is 10.3. The molecular weight excluding hydrogens is 381 g/mol. The number of aliphatic imine (C=N–C) groups is 1. The highest BCUT2D eigenvalue weighted by molar-refractivity contribution is 6.09. The number of aryl methyl sites for hydroxylation is 3. The van der Waals surface area contributed by atoms with E-state index in [9.17, 15) is 9.18 Å². The maximum atomic E-state index is 13.9. The lowest BCUT2D eigenvalue weighted by molar-refractivity contribution is 0.0976. The van der Waals surface area contributed by atoms with Crippen LogP contribution in [-0.2, 0) is 13.5 Å². The average molecular weight is 407 g/mol. The van der Waals surface area contributed by atoms with Crippen LogP contribution in [0, 0.1) is 26.6 Å². The van der Waals surface area contributed by atoms with E-state index >= 15 is 0 Å². The molecule has 3 rings (SSSR count). The van der Waals surface area contributed by atoms with E-state index in [1.165, 1.54) is 6.07 Å². The summed E-state index contributed by atoms with van der Waals surface area (Å²) in [6, 6.07) is 13.8. The molecule has 0 saturated heterocycles. The van der Waals surface area contributed by atoms with Gasteiger partial charge in [-0.3, -0.25) is 19.8 Å². The zero-order chi connectivity index (χ0) is 21.7. The third-order valence-corrected chi connectivity index (χ3v) is 4.99. The molecule has 0 radical (unpaired) electrons. The number of hydrogen-bond acceptors (Lipinski definition) is 3. The molecule has 156 valence electrons. The molecule has 0 bridgehead atoms. The standard InChI is InChI=1S/C23H26FN5O/c1-15-10-11-18(14-21(15)24)22(30)27-23(26-19-8-6-5-7-9-19)25-13-12-20-16(2)28-29(4)17(20)3/h5-11,14H,12-13H2,1-4H3,(H2,25,26,27,30). The van der Waals surface area contributed by atoms with Crippen LogP contribution in [0.1, 0.15) is 32.9 Å². The summed E-state index contributed by atoms with van der Waals surface area (Å²) in [4.78, 5) is 17.2. The van der Waals surface area contributed by atoms with Crippen LogP contribution in [-0.4, -0.2) is 28.2 Å². The summed E-state index contributed by atoms with van der Waals surface area (Å²) in [7, 11) is 1.92. The number of anilines is 1. The Morgan fingerprint density at radius 3 is 2.50 bits per heavy atom. The second-order valence-corrected chi connectivity index (χ2v) is 7.16. The number of hydrogen-bond donors (Lipinski definition) is 2. The number of aromatic nitrogens is 2. The van der Waals surface area contributed by atoms with Crippen LogP contribution in [0.3, 0.4) is 0 Å². The molecule has 1 aromatic heterocycles. The molecule has 0 fully saturated rings. The number of carbonyl (C=O) groups is 1. The van der Waals surface area contributed by atoms with Crippen molar-refractivity contribution < 1.29 is 9.18 Å². The summed E-state index contributed by atoms with van der Waals surface area (Å²) in [5.41, 5.74) is 4.73. The van der Waals surface area contributed by atoms with E-state index in [0.29, 0.717) is 24.5 Å². The molecule has 30 heavy (non-hydrogen) atoms. The van der Waals surface area contributed by atoms with Gasteiger partial charge in [0.05, 0.1) is 5.69 Å². The van der Waals surface area contributed by atoms with Crippen molar-refractivity contribution in [2.45, 2.75) is 27.2 Å². The molecule has 1 amide bonds. The monoisotopic (exact) mass is 407 g/mol. The summed E-state index contributed by atoms with van der Waals surface area (Å²) >= 11 is 0. The summed E-state index contributed by atoms with van der Waals surface area (Å²) in [6.45, 7) is 6.12. The molecular formula is C23H26FN5O. The van der Waals surface area contributed by atoms with E-state index in [2.05, 4.69) is 20.7 Å². The van der Waals surface area contributed by atoms with Gasteiger partial charge in [-0.25, -0.2) is 4.39 Å². The zero-order valence-corrected chi connectivity index (χ0v) is 17.7. The molecule has 6 nitrogen and oxygen atoms in total. The predicted octanol–water partition coefficient (Wildman–Crippen LogP) is 3.93. The molecule has 2 N–H and O–H groups in total. The molecule has 0 aliphatic rings. The van der Waals surface area contributed by atoms with Gasteiger partial charge in [-0.15, -0.1) is 0 Å². The highest BCUT2D eigenvalue weighted by Crippen LogP contribution is 2.13. The normalized spacial score (nSPS) is 11.4. The van der Waals surface area contributed by atoms with E-state index in [0.717, 1.165) is 22.6 Å². The number of guanidine groups is 1. The molecule has 0 saturated carbocycles. The number of amides is 1. The van der Waals surface area contributed by atoms with Crippen molar-refractivity contribution in [3.8, 4) is 0 Å². The van der Waals surface area contributed by atoms with Gasteiger partial charge in [0.25, 0.3) is 5.91 Å². The van der Waals surface area contributed by atoms with Crippen molar-refractivity contribution in [1.82, 2.24) is 15.1 Å². The second-order valence-electron chi connectivity index (χ2n) is 7.16. The lowest BCUT2D eigenvalue weighted by atomic mass is 10.1. The molecule has 0 unspecified atom stereocenters. The van der Waals surface area contributed by atoms with Crippen LogP contribution >= 0.6 is 0 Å². The number of para-hydroxylation sites is 1. The topological polar surface area (TPSA) is 71.3 Å². The average Bonchev–Trinajstić information content (AvgIpc) is 2.96. The molecule has 0 aliphatic carbocycles. The Kier molecular flexibility index (Phi) is 6.61. The molecule has 0 spiro atoms. The fourth-order valence-electron chi connectivity index (χ4n) is 3.14. The van der Waals surface area contributed by atoms with Crippen LogP contribution in [0.2, 0.25) is 0 Å². The summed E-state index contributed by atoms with van der Waals surface area (Å²) in [5.74, 6) is -0.532. The van der Waals surface area contributed by atoms with Gasteiger partial charge >= 0.3 is 0 Å². The Morgan fingerprint density at radius 2 is 1.87 bits per heavy atom. The van der Waals surface area contributed by atoms with Gasteiger partial charge in [0.15, 0.2) is 0 Å². The number of nitrogens with zero attached hydrogens (tertiary/aromatic N) is 3. The Balaban J connectivity index is 1.77. The first-order valence-corrected chi connectivity index (χ1v) is 9.78. The first-order chi connectivity index (χ1) is 14.3. The third kappa shape index (κ3) is 5.11. The van der Waals surface area contributed by atoms with E-state index in [1.54, 1.807) is 19.1 Å². The van der Waals surface area contributed by atoms with Crippen molar-refractivity contribution in [3.63, 3.8) is 0 Å². The minimum Gasteiger partial charge on any atom is -0.326 e. The van der Waals surface area contributed by atoms with Gasteiger partial charge in [0, 0.05) is 30.5 Å². The van der Waals surface area contributed by atoms with Gasteiger partial charge in [-0.1, -0.05) is 24.3 Å². The van der Waals surface area contributed by atoms with Crippen LogP contribution in [0.4, 0.5) is 10.1 Å². The van der Waals surface area contributed by atoms with E-state index < -0.39 is 11.7 Å². The Morgan fingerprint density at radius 1 is 1.13 bits per heavy atom.